The Bertz CT molecular complexity index is 513. The van der Waals surface area contributed by atoms with Gasteiger partial charge in [0, 0.05) is 6.04 Å². The molecule has 0 aliphatic rings. The van der Waals surface area contributed by atoms with E-state index in [1.807, 2.05) is 0 Å². The number of hydrogen-bond acceptors (Lipinski definition) is 1. The van der Waals surface area contributed by atoms with Crippen molar-refractivity contribution in [2.24, 2.45) is 0 Å². The van der Waals surface area contributed by atoms with Crippen LogP contribution in [0.3, 0.4) is 0 Å². The van der Waals surface area contributed by atoms with Crippen molar-refractivity contribution in [1.29, 1.82) is 0 Å². The van der Waals surface area contributed by atoms with Crippen LogP contribution in [0.4, 0.5) is 0 Å². The molecule has 0 fully saturated rings. The van der Waals surface area contributed by atoms with Gasteiger partial charge >= 0.3 is 0 Å². The van der Waals surface area contributed by atoms with Crippen molar-refractivity contribution >= 4 is 0 Å². The Hall–Kier alpha value is -1.60. The molecule has 19 heavy (non-hydrogen) atoms. The Morgan fingerprint density at radius 2 is 1.68 bits per heavy atom. The lowest BCUT2D eigenvalue weighted by Gasteiger charge is -2.14. The molecule has 1 heteroatoms. The summed E-state index contributed by atoms with van der Waals surface area (Å²) in [5, 5.41) is 3.59. The number of aryl methyl sites for hydroxylation is 2. The molecule has 1 atom stereocenters. The minimum absolute atomic E-state index is 0.408. The summed E-state index contributed by atoms with van der Waals surface area (Å²) in [6.45, 7) is 7.50. The van der Waals surface area contributed by atoms with E-state index in [2.05, 4.69) is 74.6 Å². The minimum Gasteiger partial charge on any atom is -0.310 e. The maximum Gasteiger partial charge on any atom is 0.0291 e. The number of nitrogens with one attached hydrogen (secondary N) is 1. The predicted molar refractivity (Wildman–Crippen MR) is 82.5 cm³/mol. The first-order chi connectivity index (χ1) is 9.15. The summed E-state index contributed by atoms with van der Waals surface area (Å²) >= 11 is 0. The molecule has 100 valence electrons. The SMILES string of the molecule is Cc1ccc(C(C)NCCc2cccc(C)c2)cc1. The molecule has 0 bridgehead atoms. The van der Waals surface area contributed by atoms with Crippen molar-refractivity contribution in [1.82, 2.24) is 5.32 Å². The van der Waals surface area contributed by atoms with Crippen LogP contribution in [0.2, 0.25) is 0 Å². The van der Waals surface area contributed by atoms with Gasteiger partial charge in [-0.25, -0.2) is 0 Å². The Morgan fingerprint density at radius 1 is 0.947 bits per heavy atom. The van der Waals surface area contributed by atoms with Crippen molar-refractivity contribution in [2.75, 3.05) is 6.54 Å². The summed E-state index contributed by atoms with van der Waals surface area (Å²) < 4.78 is 0. The van der Waals surface area contributed by atoms with E-state index in [9.17, 15) is 0 Å². The predicted octanol–water partition coefficient (Wildman–Crippen LogP) is 4.20. The van der Waals surface area contributed by atoms with E-state index in [1.54, 1.807) is 0 Å². The molecule has 0 amide bonds. The second kappa shape index (κ2) is 6.53. The smallest absolute Gasteiger partial charge is 0.0291 e. The van der Waals surface area contributed by atoms with Crippen molar-refractivity contribution < 1.29 is 0 Å². The van der Waals surface area contributed by atoms with Gasteiger partial charge in [-0.1, -0.05) is 59.7 Å². The summed E-state index contributed by atoms with van der Waals surface area (Å²) in [5.41, 5.74) is 5.42. The first-order valence-corrected chi connectivity index (χ1v) is 7.00. The number of benzene rings is 2. The molecule has 0 aliphatic heterocycles. The first-order valence-electron chi connectivity index (χ1n) is 7.00. The zero-order valence-corrected chi connectivity index (χ0v) is 12.1. The summed E-state index contributed by atoms with van der Waals surface area (Å²) in [7, 11) is 0. The summed E-state index contributed by atoms with van der Waals surface area (Å²) in [6.07, 6.45) is 1.08. The van der Waals surface area contributed by atoms with Gasteiger partial charge in [-0.2, -0.15) is 0 Å². The second-order valence-corrected chi connectivity index (χ2v) is 5.33. The monoisotopic (exact) mass is 253 g/mol. The van der Waals surface area contributed by atoms with Gasteiger partial charge in [0.05, 0.1) is 0 Å². The normalized spacial score (nSPS) is 12.4. The molecule has 1 nitrogen and oxygen atoms in total. The Labute approximate surface area is 116 Å². The lowest BCUT2D eigenvalue weighted by atomic mass is 10.1. The van der Waals surface area contributed by atoms with Crippen LogP contribution in [0, 0.1) is 13.8 Å². The van der Waals surface area contributed by atoms with E-state index in [0.29, 0.717) is 6.04 Å². The summed E-state index contributed by atoms with van der Waals surface area (Å²) in [5.74, 6) is 0. The van der Waals surface area contributed by atoms with Crippen LogP contribution < -0.4 is 5.32 Å². The van der Waals surface area contributed by atoms with E-state index < -0.39 is 0 Å². The highest BCUT2D eigenvalue weighted by Crippen LogP contribution is 2.13. The van der Waals surface area contributed by atoms with E-state index in [-0.39, 0.29) is 0 Å². The average Bonchev–Trinajstić information content (AvgIpc) is 2.39. The van der Waals surface area contributed by atoms with Crippen LogP contribution in [-0.2, 0) is 6.42 Å². The van der Waals surface area contributed by atoms with Crippen molar-refractivity contribution in [3.63, 3.8) is 0 Å². The molecule has 0 spiro atoms. The molecule has 0 radical (unpaired) electrons. The molecular formula is C18H23N. The fraction of sp³-hybridized carbons (Fsp3) is 0.333. The third kappa shape index (κ3) is 4.22. The number of hydrogen-bond donors (Lipinski definition) is 1. The number of rotatable bonds is 5. The molecule has 0 aliphatic carbocycles. The topological polar surface area (TPSA) is 12.0 Å². The Kier molecular flexibility index (Phi) is 4.75. The molecule has 0 saturated carbocycles. The lowest BCUT2D eigenvalue weighted by molar-refractivity contribution is 0.577. The second-order valence-electron chi connectivity index (χ2n) is 5.33. The van der Waals surface area contributed by atoms with Crippen LogP contribution in [0.15, 0.2) is 48.5 Å². The van der Waals surface area contributed by atoms with E-state index in [4.69, 9.17) is 0 Å². The molecule has 2 rings (SSSR count). The van der Waals surface area contributed by atoms with Gasteiger partial charge in [0.25, 0.3) is 0 Å². The van der Waals surface area contributed by atoms with E-state index in [1.165, 1.54) is 22.3 Å². The minimum atomic E-state index is 0.408. The fourth-order valence-corrected chi connectivity index (χ4v) is 2.27. The van der Waals surface area contributed by atoms with Crippen molar-refractivity contribution in [3.05, 3.63) is 70.8 Å². The van der Waals surface area contributed by atoms with E-state index in [0.717, 1.165) is 13.0 Å². The molecule has 2 aromatic rings. The Balaban J connectivity index is 1.84. The molecule has 0 aromatic heterocycles. The van der Waals surface area contributed by atoms with Gasteiger partial charge in [-0.15, -0.1) is 0 Å². The molecule has 0 heterocycles. The van der Waals surface area contributed by atoms with Gasteiger partial charge in [-0.3, -0.25) is 0 Å². The zero-order valence-electron chi connectivity index (χ0n) is 12.1. The zero-order chi connectivity index (χ0) is 13.7. The molecule has 1 unspecified atom stereocenters. The van der Waals surface area contributed by atoms with Crippen LogP contribution in [-0.4, -0.2) is 6.54 Å². The van der Waals surface area contributed by atoms with Gasteiger partial charge in [0.1, 0.15) is 0 Å². The molecule has 0 saturated heterocycles. The highest BCUT2D eigenvalue weighted by Gasteiger charge is 2.03. The van der Waals surface area contributed by atoms with Crippen LogP contribution in [0.25, 0.3) is 0 Å². The van der Waals surface area contributed by atoms with E-state index >= 15 is 0 Å². The van der Waals surface area contributed by atoms with Crippen LogP contribution in [0.5, 0.6) is 0 Å². The highest BCUT2D eigenvalue weighted by molar-refractivity contribution is 5.24. The standard InChI is InChI=1S/C18H23N/c1-14-7-9-18(10-8-14)16(3)19-12-11-17-6-4-5-15(2)13-17/h4-10,13,16,19H,11-12H2,1-3H3. The molecule has 2 aromatic carbocycles. The molecular weight excluding hydrogens is 230 g/mol. The maximum atomic E-state index is 3.59. The average molecular weight is 253 g/mol. The lowest BCUT2D eigenvalue weighted by Crippen LogP contribution is -2.21. The molecule has 1 N–H and O–H groups in total. The first kappa shape index (κ1) is 13.8. The third-order valence-corrected chi connectivity index (χ3v) is 3.52. The summed E-state index contributed by atoms with van der Waals surface area (Å²) in [4.78, 5) is 0. The van der Waals surface area contributed by atoms with Gasteiger partial charge in [0.15, 0.2) is 0 Å². The summed E-state index contributed by atoms with van der Waals surface area (Å²) in [6, 6.07) is 17.9. The largest absolute Gasteiger partial charge is 0.310 e. The van der Waals surface area contributed by atoms with Crippen molar-refractivity contribution in [2.45, 2.75) is 33.2 Å². The van der Waals surface area contributed by atoms with Crippen LogP contribution >= 0.6 is 0 Å². The maximum absolute atomic E-state index is 3.59. The van der Waals surface area contributed by atoms with Crippen molar-refractivity contribution in [3.8, 4) is 0 Å². The Morgan fingerprint density at radius 3 is 2.37 bits per heavy atom. The van der Waals surface area contributed by atoms with Gasteiger partial charge in [0.2, 0.25) is 0 Å². The third-order valence-electron chi connectivity index (χ3n) is 3.52. The highest BCUT2D eigenvalue weighted by atomic mass is 14.9. The van der Waals surface area contributed by atoms with Gasteiger partial charge in [-0.05, 0) is 44.9 Å². The van der Waals surface area contributed by atoms with Gasteiger partial charge < -0.3 is 5.32 Å². The fourth-order valence-electron chi connectivity index (χ4n) is 2.27. The quantitative estimate of drug-likeness (QED) is 0.842. The van der Waals surface area contributed by atoms with Crippen LogP contribution in [0.1, 0.15) is 35.2 Å².